The predicted octanol–water partition coefficient (Wildman–Crippen LogP) is 7.41. The van der Waals surface area contributed by atoms with Crippen LogP contribution in [0.3, 0.4) is 0 Å². The van der Waals surface area contributed by atoms with E-state index in [1.807, 2.05) is 115 Å². The molecule has 1 N–H and O–H groups in total. The van der Waals surface area contributed by atoms with Gasteiger partial charge < -0.3 is 9.73 Å². The van der Waals surface area contributed by atoms with Gasteiger partial charge >= 0.3 is 0 Å². The molecule has 5 aromatic rings. The van der Waals surface area contributed by atoms with Gasteiger partial charge in [-0.25, -0.2) is 4.98 Å². The van der Waals surface area contributed by atoms with Crippen molar-refractivity contribution < 1.29 is 9.21 Å². The van der Waals surface area contributed by atoms with E-state index in [1.54, 1.807) is 0 Å². The maximum atomic E-state index is 12.8. The van der Waals surface area contributed by atoms with Crippen molar-refractivity contribution in [1.82, 2.24) is 4.98 Å². The molecule has 0 aliphatic heterocycles. The van der Waals surface area contributed by atoms with Crippen LogP contribution >= 0.6 is 11.8 Å². The number of amides is 1. The zero-order chi connectivity index (χ0) is 23.2. The highest BCUT2D eigenvalue weighted by atomic mass is 32.2. The Bertz CT molecular complexity index is 1330. The van der Waals surface area contributed by atoms with Gasteiger partial charge in [0.15, 0.2) is 5.76 Å². The highest BCUT2D eigenvalue weighted by Crippen LogP contribution is 2.35. The molecule has 0 aliphatic rings. The normalized spacial score (nSPS) is 10.7. The summed E-state index contributed by atoms with van der Waals surface area (Å²) in [5, 5.41) is 3.50. The number of aromatic nitrogens is 1. The number of benzene rings is 4. The Labute approximate surface area is 202 Å². The van der Waals surface area contributed by atoms with Crippen molar-refractivity contribution in [2.24, 2.45) is 0 Å². The van der Waals surface area contributed by atoms with Crippen LogP contribution in [0.5, 0.6) is 0 Å². The molecule has 1 amide bonds. The Balaban J connectivity index is 1.34. The Hall–Kier alpha value is -4.09. The third kappa shape index (κ3) is 4.95. The molecule has 0 saturated carbocycles. The van der Waals surface area contributed by atoms with Gasteiger partial charge in [0.05, 0.1) is 5.75 Å². The standard InChI is InChI=1S/C29H22N2O2S/c32-26(30-25-19-11-10-18-24(25)21-12-4-1-5-13-21)20-34-29-31-27(22-14-6-2-7-15-22)28(33-29)23-16-8-3-9-17-23/h1-19H,20H2,(H,30,32). The number of para-hydroxylation sites is 1. The molecular weight excluding hydrogens is 440 g/mol. The van der Waals surface area contributed by atoms with E-state index < -0.39 is 0 Å². The summed E-state index contributed by atoms with van der Waals surface area (Å²) >= 11 is 1.28. The molecule has 4 aromatic carbocycles. The van der Waals surface area contributed by atoms with Crippen molar-refractivity contribution in [1.29, 1.82) is 0 Å². The van der Waals surface area contributed by atoms with E-state index in [0.29, 0.717) is 11.0 Å². The van der Waals surface area contributed by atoms with E-state index in [4.69, 9.17) is 9.40 Å². The molecule has 5 rings (SSSR count). The fourth-order valence-corrected chi connectivity index (χ4v) is 4.34. The third-order valence-electron chi connectivity index (χ3n) is 5.30. The molecule has 4 nitrogen and oxygen atoms in total. The average molecular weight is 463 g/mol. The molecule has 5 heteroatoms. The van der Waals surface area contributed by atoms with Crippen LogP contribution < -0.4 is 5.32 Å². The number of nitrogens with one attached hydrogen (secondary N) is 1. The van der Waals surface area contributed by atoms with Gasteiger partial charge in [-0.05, 0) is 11.6 Å². The van der Waals surface area contributed by atoms with Crippen LogP contribution in [-0.4, -0.2) is 16.6 Å². The van der Waals surface area contributed by atoms with Crippen molar-refractivity contribution in [3.05, 3.63) is 115 Å². The maximum absolute atomic E-state index is 12.8. The maximum Gasteiger partial charge on any atom is 0.257 e. The first-order valence-electron chi connectivity index (χ1n) is 11.0. The van der Waals surface area contributed by atoms with Crippen LogP contribution in [0.1, 0.15) is 0 Å². The predicted molar refractivity (Wildman–Crippen MR) is 139 cm³/mol. The number of hydrogen-bond acceptors (Lipinski definition) is 4. The average Bonchev–Trinajstić information content (AvgIpc) is 3.34. The summed E-state index contributed by atoms with van der Waals surface area (Å²) in [4.78, 5) is 17.5. The molecule has 0 spiro atoms. The van der Waals surface area contributed by atoms with Crippen molar-refractivity contribution in [3.8, 4) is 33.7 Å². The molecule has 0 fully saturated rings. The van der Waals surface area contributed by atoms with Gasteiger partial charge in [0, 0.05) is 22.4 Å². The molecule has 166 valence electrons. The second-order valence-corrected chi connectivity index (χ2v) is 8.56. The fourth-order valence-electron chi connectivity index (χ4n) is 3.71. The number of thioether (sulfide) groups is 1. The molecule has 34 heavy (non-hydrogen) atoms. The lowest BCUT2D eigenvalue weighted by molar-refractivity contribution is -0.113. The van der Waals surface area contributed by atoms with Crippen LogP contribution in [0.4, 0.5) is 5.69 Å². The van der Waals surface area contributed by atoms with Crippen LogP contribution in [-0.2, 0) is 4.79 Å². The fraction of sp³-hybridized carbons (Fsp3) is 0.0345. The molecule has 0 radical (unpaired) electrons. The lowest BCUT2D eigenvalue weighted by Gasteiger charge is -2.10. The second kappa shape index (κ2) is 10.2. The molecular formula is C29H22N2O2S. The first-order valence-corrected chi connectivity index (χ1v) is 12.0. The minimum absolute atomic E-state index is 0.117. The Morgan fingerprint density at radius 2 is 1.26 bits per heavy atom. The van der Waals surface area contributed by atoms with Crippen molar-refractivity contribution in [2.75, 3.05) is 11.1 Å². The van der Waals surface area contributed by atoms with Gasteiger partial charge in [-0.15, -0.1) is 0 Å². The van der Waals surface area contributed by atoms with Crippen LogP contribution in [0.25, 0.3) is 33.7 Å². The Kier molecular flexibility index (Phi) is 6.54. The summed E-state index contributed by atoms with van der Waals surface area (Å²) in [5.41, 5.74) is 5.50. The minimum Gasteiger partial charge on any atom is -0.431 e. The third-order valence-corrected chi connectivity index (χ3v) is 6.13. The van der Waals surface area contributed by atoms with Crippen LogP contribution in [0, 0.1) is 0 Å². The largest absolute Gasteiger partial charge is 0.431 e. The van der Waals surface area contributed by atoms with E-state index in [-0.39, 0.29) is 11.7 Å². The van der Waals surface area contributed by atoms with Gasteiger partial charge in [-0.3, -0.25) is 4.79 Å². The van der Waals surface area contributed by atoms with E-state index >= 15 is 0 Å². The lowest BCUT2D eigenvalue weighted by atomic mass is 10.0. The number of anilines is 1. The van der Waals surface area contributed by atoms with E-state index in [9.17, 15) is 4.79 Å². The molecule has 0 atom stereocenters. The van der Waals surface area contributed by atoms with Crippen LogP contribution in [0.2, 0.25) is 0 Å². The highest BCUT2D eigenvalue weighted by molar-refractivity contribution is 7.99. The van der Waals surface area contributed by atoms with Gasteiger partial charge in [-0.2, -0.15) is 0 Å². The monoisotopic (exact) mass is 462 g/mol. The summed E-state index contributed by atoms with van der Waals surface area (Å²) < 4.78 is 6.12. The number of hydrogen-bond donors (Lipinski definition) is 1. The van der Waals surface area contributed by atoms with Gasteiger partial charge in [0.2, 0.25) is 5.91 Å². The number of carbonyl (C=O) groups excluding carboxylic acids is 1. The smallest absolute Gasteiger partial charge is 0.257 e. The number of nitrogens with zero attached hydrogens (tertiary/aromatic N) is 1. The van der Waals surface area contributed by atoms with Crippen molar-refractivity contribution >= 4 is 23.4 Å². The van der Waals surface area contributed by atoms with Crippen LogP contribution in [0.15, 0.2) is 125 Å². The first kappa shape index (κ1) is 21.7. The highest BCUT2D eigenvalue weighted by Gasteiger charge is 2.18. The van der Waals surface area contributed by atoms with E-state index in [0.717, 1.165) is 33.6 Å². The Morgan fingerprint density at radius 3 is 1.94 bits per heavy atom. The molecule has 1 aromatic heterocycles. The SMILES string of the molecule is O=C(CSc1nc(-c2ccccc2)c(-c2ccccc2)o1)Nc1ccccc1-c1ccccc1. The second-order valence-electron chi connectivity index (χ2n) is 7.64. The van der Waals surface area contributed by atoms with Gasteiger partial charge in [-0.1, -0.05) is 121 Å². The summed E-state index contributed by atoms with van der Waals surface area (Å²) in [6.07, 6.45) is 0. The van der Waals surface area contributed by atoms with Crippen molar-refractivity contribution in [2.45, 2.75) is 5.22 Å². The minimum atomic E-state index is -0.117. The topological polar surface area (TPSA) is 55.1 Å². The molecule has 0 unspecified atom stereocenters. The number of carbonyl (C=O) groups is 1. The summed E-state index contributed by atoms with van der Waals surface area (Å²) in [6.45, 7) is 0. The van der Waals surface area contributed by atoms with Gasteiger partial charge in [0.25, 0.3) is 5.22 Å². The number of rotatable bonds is 7. The molecule has 0 saturated heterocycles. The summed E-state index contributed by atoms with van der Waals surface area (Å²) in [7, 11) is 0. The first-order chi connectivity index (χ1) is 16.8. The lowest BCUT2D eigenvalue weighted by Crippen LogP contribution is -2.14. The van der Waals surface area contributed by atoms with Crippen molar-refractivity contribution in [3.63, 3.8) is 0 Å². The van der Waals surface area contributed by atoms with E-state index in [2.05, 4.69) is 5.32 Å². The van der Waals surface area contributed by atoms with E-state index in [1.165, 1.54) is 11.8 Å². The zero-order valence-corrected chi connectivity index (χ0v) is 19.2. The zero-order valence-electron chi connectivity index (χ0n) is 18.3. The quantitative estimate of drug-likeness (QED) is 0.256. The molecule has 1 heterocycles. The summed E-state index contributed by atoms with van der Waals surface area (Å²) in [6, 6.07) is 37.6. The Morgan fingerprint density at radius 1 is 0.706 bits per heavy atom. The molecule has 0 bridgehead atoms. The molecule has 0 aliphatic carbocycles. The number of oxazole rings is 1. The van der Waals surface area contributed by atoms with Gasteiger partial charge in [0.1, 0.15) is 5.69 Å². The summed E-state index contributed by atoms with van der Waals surface area (Å²) in [5.74, 6) is 0.768.